The van der Waals surface area contributed by atoms with Gasteiger partial charge < -0.3 is 9.72 Å². The van der Waals surface area contributed by atoms with E-state index >= 15 is 0 Å². The molecule has 1 aromatic carbocycles. The van der Waals surface area contributed by atoms with E-state index in [1.807, 2.05) is 6.07 Å². The summed E-state index contributed by atoms with van der Waals surface area (Å²) in [7, 11) is 1.74. The molecular weight excluding hydrogens is 284 g/mol. The number of fused-ring (bicyclic) bond motifs is 4. The van der Waals surface area contributed by atoms with Crippen LogP contribution in [0.5, 0.6) is 5.75 Å². The Kier molecular flexibility index (Phi) is 2.64. The minimum absolute atomic E-state index is 0.500. The number of allylic oxidation sites excluding steroid dienone is 1. The zero-order valence-electron chi connectivity index (χ0n) is 13.7. The summed E-state index contributed by atoms with van der Waals surface area (Å²) in [5.74, 6) is 1.51. The molecule has 3 fully saturated rings. The second-order valence-corrected chi connectivity index (χ2v) is 7.06. The maximum Gasteiger partial charge on any atom is 0.119 e. The van der Waals surface area contributed by atoms with Crippen molar-refractivity contribution < 1.29 is 4.74 Å². The number of methoxy groups -OCH3 is 1. The minimum atomic E-state index is 0.500. The average Bonchev–Trinajstić information content (AvgIpc) is 2.95. The Morgan fingerprint density at radius 3 is 3.00 bits per heavy atom. The molecule has 1 N–H and O–H groups in total. The number of nitrogens with one attached hydrogen (secondary N) is 1. The number of nitrogens with zero attached hydrogens (tertiary/aromatic N) is 1. The summed E-state index contributed by atoms with van der Waals surface area (Å²) in [5, 5.41) is 1.33. The van der Waals surface area contributed by atoms with Gasteiger partial charge in [0.2, 0.25) is 0 Å². The molecule has 2 aromatic rings. The summed E-state index contributed by atoms with van der Waals surface area (Å²) >= 11 is 0. The van der Waals surface area contributed by atoms with Crippen LogP contribution >= 0.6 is 0 Å². The molecule has 0 spiro atoms. The Bertz CT molecular complexity index is 860. The normalized spacial score (nSPS) is 33.3. The smallest absolute Gasteiger partial charge is 0.119 e. The van der Waals surface area contributed by atoms with Crippen LogP contribution < -0.4 is 4.74 Å². The quantitative estimate of drug-likeness (QED) is 0.807. The molecule has 6 rings (SSSR count). The molecule has 4 aliphatic heterocycles. The number of aromatic nitrogens is 1. The monoisotopic (exact) mass is 306 g/mol. The van der Waals surface area contributed by atoms with Gasteiger partial charge in [0, 0.05) is 35.1 Å². The van der Waals surface area contributed by atoms with Crippen molar-refractivity contribution >= 4 is 10.9 Å². The molecule has 3 nitrogen and oxygen atoms in total. The number of hydrogen-bond acceptors (Lipinski definition) is 2. The predicted octanol–water partition coefficient (Wildman–Crippen LogP) is 3.98. The lowest BCUT2D eigenvalue weighted by molar-refractivity contribution is 0.0629. The molecule has 0 radical (unpaired) electrons. The molecule has 0 amide bonds. The van der Waals surface area contributed by atoms with Gasteiger partial charge in [0.25, 0.3) is 0 Å². The third-order valence-corrected chi connectivity index (χ3v) is 6.20. The molecule has 4 bridgehead atoms. The van der Waals surface area contributed by atoms with Crippen LogP contribution in [0.15, 0.2) is 42.0 Å². The van der Waals surface area contributed by atoms with Gasteiger partial charge in [-0.3, -0.25) is 4.90 Å². The van der Waals surface area contributed by atoms with Crippen LogP contribution in [0.4, 0.5) is 0 Å². The standard InChI is InChI=1S/C20H22N2O/c1-4-12-10-22-18-9-16-15-7-13(23-3)5-6-17(15)21-20(16)19(22)8-14(12)11(18)2/h4-7,14,18-19,21H,2,8-10H2,1,3H3/b12-4-/t14-,18+,19+/m1/s1. The highest BCUT2D eigenvalue weighted by atomic mass is 16.5. The SMILES string of the molecule is C=C1[C@H]2C[C@H]3c4[nH]c5ccc(OC)cc5c4C[C@@H]1N3C/C2=C/C. The van der Waals surface area contributed by atoms with Gasteiger partial charge in [0.15, 0.2) is 0 Å². The van der Waals surface area contributed by atoms with Crippen molar-refractivity contribution in [3.05, 3.63) is 53.3 Å². The first kappa shape index (κ1) is 13.4. The summed E-state index contributed by atoms with van der Waals surface area (Å²) in [6, 6.07) is 7.39. The van der Waals surface area contributed by atoms with Gasteiger partial charge in [-0.1, -0.05) is 23.8 Å². The highest BCUT2D eigenvalue weighted by Crippen LogP contribution is 2.53. The minimum Gasteiger partial charge on any atom is -0.497 e. The lowest BCUT2D eigenvalue weighted by Gasteiger charge is -2.55. The molecule has 4 atom stereocenters. The predicted molar refractivity (Wildman–Crippen MR) is 92.8 cm³/mol. The number of ether oxygens (including phenoxy) is 1. The van der Waals surface area contributed by atoms with E-state index in [2.05, 4.69) is 41.6 Å². The summed E-state index contributed by atoms with van der Waals surface area (Å²) in [6.45, 7) is 7.74. The molecule has 1 aromatic heterocycles. The Labute approximate surface area is 136 Å². The molecule has 4 aliphatic rings. The largest absolute Gasteiger partial charge is 0.497 e. The number of aromatic amines is 1. The third-order valence-electron chi connectivity index (χ3n) is 6.20. The van der Waals surface area contributed by atoms with Crippen molar-refractivity contribution in [2.75, 3.05) is 13.7 Å². The van der Waals surface area contributed by atoms with E-state index in [4.69, 9.17) is 4.74 Å². The van der Waals surface area contributed by atoms with Crippen molar-refractivity contribution in [2.24, 2.45) is 5.92 Å². The van der Waals surface area contributed by atoms with Gasteiger partial charge in [0.1, 0.15) is 5.75 Å². The van der Waals surface area contributed by atoms with Gasteiger partial charge in [-0.2, -0.15) is 0 Å². The van der Waals surface area contributed by atoms with E-state index in [9.17, 15) is 0 Å². The van der Waals surface area contributed by atoms with Crippen molar-refractivity contribution in [1.29, 1.82) is 0 Å². The second kappa shape index (κ2) is 4.51. The molecular formula is C20H22N2O. The highest BCUT2D eigenvalue weighted by molar-refractivity contribution is 5.87. The van der Waals surface area contributed by atoms with Gasteiger partial charge >= 0.3 is 0 Å². The van der Waals surface area contributed by atoms with Crippen LogP contribution in [0, 0.1) is 5.92 Å². The van der Waals surface area contributed by atoms with E-state index in [1.165, 1.54) is 34.2 Å². The fourth-order valence-electron chi connectivity index (χ4n) is 5.00. The van der Waals surface area contributed by atoms with Gasteiger partial charge in [-0.25, -0.2) is 0 Å². The van der Waals surface area contributed by atoms with Crippen molar-refractivity contribution in [3.8, 4) is 5.75 Å². The number of rotatable bonds is 1. The van der Waals surface area contributed by atoms with Gasteiger partial charge in [-0.05, 0) is 43.5 Å². The first-order valence-electron chi connectivity index (χ1n) is 8.49. The van der Waals surface area contributed by atoms with Crippen LogP contribution in [0.2, 0.25) is 0 Å². The zero-order chi connectivity index (χ0) is 15.7. The third kappa shape index (κ3) is 1.63. The summed E-state index contributed by atoms with van der Waals surface area (Å²) in [4.78, 5) is 6.37. The first-order valence-corrected chi connectivity index (χ1v) is 8.49. The van der Waals surface area contributed by atoms with Crippen LogP contribution in [0.3, 0.4) is 0 Å². The topological polar surface area (TPSA) is 28.3 Å². The maximum atomic E-state index is 5.43. The van der Waals surface area contributed by atoms with Gasteiger partial charge in [-0.15, -0.1) is 0 Å². The number of H-pyrrole nitrogens is 1. The summed E-state index contributed by atoms with van der Waals surface area (Å²) in [6.07, 6.45) is 4.55. The summed E-state index contributed by atoms with van der Waals surface area (Å²) < 4.78 is 5.43. The Hall–Kier alpha value is -2.00. The van der Waals surface area contributed by atoms with E-state index in [1.54, 1.807) is 12.7 Å². The van der Waals surface area contributed by atoms with Crippen LogP contribution in [-0.4, -0.2) is 29.6 Å². The maximum absolute atomic E-state index is 5.43. The van der Waals surface area contributed by atoms with Gasteiger partial charge in [0.05, 0.1) is 13.2 Å². The van der Waals surface area contributed by atoms with Crippen molar-refractivity contribution in [3.63, 3.8) is 0 Å². The lowest BCUT2D eigenvalue weighted by Crippen LogP contribution is -2.56. The molecule has 3 heteroatoms. The van der Waals surface area contributed by atoms with Crippen LogP contribution in [0.1, 0.15) is 30.6 Å². The Morgan fingerprint density at radius 2 is 2.22 bits per heavy atom. The molecule has 3 saturated heterocycles. The average molecular weight is 306 g/mol. The molecule has 23 heavy (non-hydrogen) atoms. The fourth-order valence-corrected chi connectivity index (χ4v) is 5.00. The number of hydrogen-bond donors (Lipinski definition) is 1. The molecule has 118 valence electrons. The number of piperidine rings is 3. The van der Waals surface area contributed by atoms with E-state index < -0.39 is 0 Å². The highest BCUT2D eigenvalue weighted by Gasteiger charge is 2.49. The molecule has 0 saturated carbocycles. The molecule has 5 heterocycles. The van der Waals surface area contributed by atoms with E-state index in [0.717, 1.165) is 18.7 Å². The Morgan fingerprint density at radius 1 is 1.35 bits per heavy atom. The molecule has 1 unspecified atom stereocenters. The fraction of sp³-hybridized carbons (Fsp3) is 0.400. The van der Waals surface area contributed by atoms with E-state index in [0.29, 0.717) is 18.0 Å². The lowest BCUT2D eigenvalue weighted by atomic mass is 9.68. The summed E-state index contributed by atoms with van der Waals surface area (Å²) in [5.41, 5.74) is 7.12. The number of benzene rings is 1. The van der Waals surface area contributed by atoms with E-state index in [-0.39, 0.29) is 0 Å². The molecule has 0 aliphatic carbocycles. The van der Waals surface area contributed by atoms with Crippen LogP contribution in [0.25, 0.3) is 10.9 Å². The van der Waals surface area contributed by atoms with Crippen molar-refractivity contribution in [1.82, 2.24) is 9.88 Å². The first-order chi connectivity index (χ1) is 11.2. The Balaban J connectivity index is 1.68. The zero-order valence-corrected chi connectivity index (χ0v) is 13.7. The van der Waals surface area contributed by atoms with Crippen LogP contribution in [-0.2, 0) is 6.42 Å². The second-order valence-electron chi connectivity index (χ2n) is 7.06. The van der Waals surface area contributed by atoms with Crippen molar-refractivity contribution in [2.45, 2.75) is 31.8 Å².